The van der Waals surface area contributed by atoms with Crippen molar-refractivity contribution in [2.75, 3.05) is 0 Å². The van der Waals surface area contributed by atoms with Gasteiger partial charge in [-0.1, -0.05) is 11.3 Å². The number of fused-ring (bicyclic) bond motifs is 1. The smallest absolute Gasteiger partial charge is 0.337 e. The largest absolute Gasteiger partial charge is 0.478 e. The molecule has 1 N–H and O–H groups in total. The van der Waals surface area contributed by atoms with Gasteiger partial charge in [0.25, 0.3) is 0 Å². The molecular formula is C12H12N6O2. The van der Waals surface area contributed by atoms with Crippen molar-refractivity contribution in [2.24, 2.45) is 7.05 Å². The highest BCUT2D eigenvalue weighted by Gasteiger charge is 2.14. The summed E-state index contributed by atoms with van der Waals surface area (Å²) in [6.07, 6.45) is 2.19. The van der Waals surface area contributed by atoms with Gasteiger partial charge in [0.15, 0.2) is 5.82 Å². The number of carbonyl (C=O) groups is 1. The zero-order valence-electron chi connectivity index (χ0n) is 10.8. The molecule has 0 fully saturated rings. The molecule has 0 aliphatic rings. The summed E-state index contributed by atoms with van der Waals surface area (Å²) in [7, 11) is 1.80. The van der Waals surface area contributed by atoms with Crippen LogP contribution in [0.1, 0.15) is 16.2 Å². The molecule has 0 amide bonds. The number of benzene rings is 1. The van der Waals surface area contributed by atoms with E-state index in [9.17, 15) is 9.90 Å². The van der Waals surface area contributed by atoms with Gasteiger partial charge in [-0.2, -0.15) is 5.10 Å². The van der Waals surface area contributed by atoms with Crippen molar-refractivity contribution >= 4 is 17.0 Å². The predicted octanol–water partition coefficient (Wildman–Crippen LogP) is 0.501. The number of aromatic nitrogens is 6. The van der Waals surface area contributed by atoms with E-state index in [1.807, 2.05) is 0 Å². The van der Waals surface area contributed by atoms with E-state index in [2.05, 4.69) is 20.4 Å². The van der Waals surface area contributed by atoms with Gasteiger partial charge in [0.05, 0.1) is 12.1 Å². The van der Waals surface area contributed by atoms with Gasteiger partial charge in [0.2, 0.25) is 0 Å². The summed E-state index contributed by atoms with van der Waals surface area (Å²) in [4.78, 5) is 15.4. The Hall–Kier alpha value is -2.77. The van der Waals surface area contributed by atoms with Crippen molar-refractivity contribution in [2.45, 2.75) is 13.0 Å². The van der Waals surface area contributed by atoms with Gasteiger partial charge in [-0.25, -0.2) is 14.5 Å². The summed E-state index contributed by atoms with van der Waals surface area (Å²) < 4.78 is 3.20. The maximum absolute atomic E-state index is 11.2. The molecule has 0 unspecified atom stereocenters. The first kappa shape index (κ1) is 12.3. The zero-order valence-corrected chi connectivity index (χ0v) is 10.8. The van der Waals surface area contributed by atoms with Crippen LogP contribution >= 0.6 is 0 Å². The lowest BCUT2D eigenvalue weighted by atomic mass is 10.2. The molecule has 8 heteroatoms. The maximum atomic E-state index is 11.2. The number of carboxylic acids is 1. The van der Waals surface area contributed by atoms with Gasteiger partial charge in [0, 0.05) is 13.5 Å². The molecule has 20 heavy (non-hydrogen) atoms. The summed E-state index contributed by atoms with van der Waals surface area (Å²) in [6.45, 7) is 0.477. The molecule has 3 aromatic rings. The Kier molecular flexibility index (Phi) is 2.90. The minimum Gasteiger partial charge on any atom is -0.478 e. The van der Waals surface area contributed by atoms with Gasteiger partial charge in [-0.15, -0.1) is 5.10 Å². The van der Waals surface area contributed by atoms with Crippen LogP contribution in [0.15, 0.2) is 24.5 Å². The Labute approximate surface area is 113 Å². The van der Waals surface area contributed by atoms with E-state index < -0.39 is 5.97 Å². The van der Waals surface area contributed by atoms with Crippen LogP contribution < -0.4 is 0 Å². The van der Waals surface area contributed by atoms with Crippen molar-refractivity contribution in [3.63, 3.8) is 0 Å². The number of para-hydroxylation sites is 1. The number of aromatic carboxylic acids is 1. The van der Waals surface area contributed by atoms with Crippen LogP contribution in [0.2, 0.25) is 0 Å². The molecule has 0 saturated heterocycles. The van der Waals surface area contributed by atoms with E-state index in [0.29, 0.717) is 29.8 Å². The lowest BCUT2D eigenvalue weighted by molar-refractivity contribution is 0.0698. The van der Waals surface area contributed by atoms with Crippen molar-refractivity contribution in [3.8, 4) is 0 Å². The fourth-order valence-electron chi connectivity index (χ4n) is 2.06. The molecule has 1 aromatic carbocycles. The van der Waals surface area contributed by atoms with E-state index in [1.165, 1.54) is 0 Å². The zero-order chi connectivity index (χ0) is 14.1. The number of hydrogen-bond donors (Lipinski definition) is 1. The maximum Gasteiger partial charge on any atom is 0.337 e. The first-order valence-corrected chi connectivity index (χ1v) is 6.05. The van der Waals surface area contributed by atoms with Crippen molar-refractivity contribution < 1.29 is 9.90 Å². The van der Waals surface area contributed by atoms with Gasteiger partial charge >= 0.3 is 5.97 Å². The first-order valence-electron chi connectivity index (χ1n) is 6.05. The summed E-state index contributed by atoms with van der Waals surface area (Å²) in [5.74, 6) is -0.306. The molecule has 2 heterocycles. The van der Waals surface area contributed by atoms with Gasteiger partial charge in [-0.05, 0) is 12.1 Å². The second-order valence-electron chi connectivity index (χ2n) is 4.38. The Balaban J connectivity index is 1.93. The summed E-state index contributed by atoms with van der Waals surface area (Å²) in [5, 5.41) is 21.4. The van der Waals surface area contributed by atoms with Crippen LogP contribution in [0, 0.1) is 0 Å². The Morgan fingerprint density at radius 3 is 2.95 bits per heavy atom. The highest BCUT2D eigenvalue weighted by Crippen LogP contribution is 2.16. The second kappa shape index (κ2) is 4.72. The highest BCUT2D eigenvalue weighted by atomic mass is 16.4. The molecule has 102 valence electrons. The van der Waals surface area contributed by atoms with E-state index in [0.717, 1.165) is 0 Å². The number of carboxylic acid groups (broad SMARTS) is 1. The highest BCUT2D eigenvalue weighted by molar-refractivity contribution is 6.00. The van der Waals surface area contributed by atoms with E-state index >= 15 is 0 Å². The van der Waals surface area contributed by atoms with Crippen molar-refractivity contribution in [1.82, 2.24) is 29.8 Å². The topological polar surface area (TPSA) is 98.7 Å². The van der Waals surface area contributed by atoms with Crippen LogP contribution in [0.4, 0.5) is 0 Å². The third kappa shape index (κ3) is 2.11. The molecule has 8 nitrogen and oxygen atoms in total. The molecule has 0 spiro atoms. The minimum absolute atomic E-state index is 0.196. The Bertz CT molecular complexity index is 775. The number of aryl methyl sites for hydroxylation is 3. The third-order valence-electron chi connectivity index (χ3n) is 2.96. The van der Waals surface area contributed by atoms with E-state index in [1.54, 1.807) is 40.9 Å². The molecule has 0 bridgehead atoms. The lowest BCUT2D eigenvalue weighted by Crippen LogP contribution is -2.08. The van der Waals surface area contributed by atoms with Gasteiger partial charge in [0.1, 0.15) is 17.4 Å². The summed E-state index contributed by atoms with van der Waals surface area (Å²) in [6, 6.07) is 4.94. The molecular weight excluding hydrogens is 260 g/mol. The molecule has 0 atom stereocenters. The Morgan fingerprint density at radius 1 is 1.40 bits per heavy atom. The molecule has 0 saturated carbocycles. The molecule has 0 aliphatic heterocycles. The number of hydrogen-bond acceptors (Lipinski definition) is 5. The van der Waals surface area contributed by atoms with Crippen LogP contribution in [0.5, 0.6) is 0 Å². The van der Waals surface area contributed by atoms with Crippen LogP contribution in [-0.4, -0.2) is 40.8 Å². The predicted molar refractivity (Wildman–Crippen MR) is 69.2 cm³/mol. The van der Waals surface area contributed by atoms with Crippen LogP contribution in [0.3, 0.4) is 0 Å². The van der Waals surface area contributed by atoms with Crippen LogP contribution in [0.25, 0.3) is 11.0 Å². The number of rotatable bonds is 4. The normalized spacial score (nSPS) is 11.1. The minimum atomic E-state index is -0.991. The lowest BCUT2D eigenvalue weighted by Gasteiger charge is -2.02. The average molecular weight is 272 g/mol. The van der Waals surface area contributed by atoms with Gasteiger partial charge in [-0.3, -0.25) is 4.68 Å². The quantitative estimate of drug-likeness (QED) is 0.742. The summed E-state index contributed by atoms with van der Waals surface area (Å²) >= 11 is 0. The monoisotopic (exact) mass is 272 g/mol. The fourth-order valence-corrected chi connectivity index (χ4v) is 2.06. The average Bonchev–Trinajstić information content (AvgIpc) is 3.02. The standard InChI is InChI=1S/C12H12N6O2/c1-17-7-13-10(15-17)5-6-18-11-8(12(19)20)3-2-4-9(11)14-16-18/h2-4,7H,5-6H2,1H3,(H,19,20). The molecule has 0 aliphatic carbocycles. The summed E-state index contributed by atoms with van der Waals surface area (Å²) in [5.41, 5.74) is 1.29. The third-order valence-corrected chi connectivity index (χ3v) is 2.96. The fraction of sp³-hybridized carbons (Fsp3) is 0.250. The molecule has 3 rings (SSSR count). The molecule has 0 radical (unpaired) electrons. The van der Waals surface area contributed by atoms with E-state index in [4.69, 9.17) is 0 Å². The second-order valence-corrected chi connectivity index (χ2v) is 4.38. The Morgan fingerprint density at radius 2 is 2.25 bits per heavy atom. The van der Waals surface area contributed by atoms with Gasteiger partial charge < -0.3 is 5.11 Å². The van der Waals surface area contributed by atoms with Crippen LogP contribution in [-0.2, 0) is 20.0 Å². The SMILES string of the molecule is Cn1cnc(CCn2nnc3cccc(C(=O)O)c32)n1. The first-order chi connectivity index (χ1) is 9.65. The van der Waals surface area contributed by atoms with Crippen molar-refractivity contribution in [3.05, 3.63) is 35.9 Å². The van der Waals surface area contributed by atoms with E-state index in [-0.39, 0.29) is 5.56 Å². The number of nitrogens with zero attached hydrogens (tertiary/aromatic N) is 6. The van der Waals surface area contributed by atoms with Crippen molar-refractivity contribution in [1.29, 1.82) is 0 Å². The molecule has 2 aromatic heterocycles.